The second kappa shape index (κ2) is 6.24. The third kappa shape index (κ3) is 2.99. The van der Waals surface area contributed by atoms with E-state index >= 15 is 0 Å². The predicted octanol–water partition coefficient (Wildman–Crippen LogP) is 2.23. The fourth-order valence-corrected chi connectivity index (χ4v) is 4.44. The van der Waals surface area contributed by atoms with Gasteiger partial charge in [0.2, 0.25) is 5.91 Å². The number of carbonyl (C=O) groups excluding carboxylic acids is 1. The highest BCUT2D eigenvalue weighted by atomic mass is 32.2. The molecule has 1 unspecified atom stereocenters. The van der Waals surface area contributed by atoms with E-state index in [0.717, 1.165) is 32.2 Å². The second-order valence-electron chi connectivity index (χ2n) is 5.35. The van der Waals surface area contributed by atoms with Crippen molar-refractivity contribution in [1.29, 1.82) is 0 Å². The zero-order valence-corrected chi connectivity index (χ0v) is 12.4. The van der Waals surface area contributed by atoms with Crippen LogP contribution in [0.1, 0.15) is 44.9 Å². The van der Waals surface area contributed by atoms with Gasteiger partial charge >= 0.3 is 0 Å². The van der Waals surface area contributed by atoms with Gasteiger partial charge in [-0.2, -0.15) is 11.8 Å². The number of nitrogens with one attached hydrogen (secondary N) is 1. The van der Waals surface area contributed by atoms with Gasteiger partial charge in [-0.1, -0.05) is 31.5 Å². The molecule has 18 heavy (non-hydrogen) atoms. The van der Waals surface area contributed by atoms with E-state index < -0.39 is 5.41 Å². The van der Waals surface area contributed by atoms with Gasteiger partial charge in [-0.15, -0.1) is 0 Å². The minimum absolute atomic E-state index is 0.0682. The van der Waals surface area contributed by atoms with E-state index in [4.69, 9.17) is 18.0 Å². The Morgan fingerprint density at radius 3 is 2.61 bits per heavy atom. The molecule has 0 aromatic rings. The molecule has 1 aliphatic carbocycles. The van der Waals surface area contributed by atoms with Crippen LogP contribution in [0.2, 0.25) is 0 Å². The SMILES string of the molecule is NC(=S)C1(C(=O)NCC2CCCCS2)CCCC1. The van der Waals surface area contributed by atoms with Crippen LogP contribution in [0.4, 0.5) is 0 Å². The van der Waals surface area contributed by atoms with Crippen molar-refractivity contribution in [2.75, 3.05) is 12.3 Å². The lowest BCUT2D eigenvalue weighted by atomic mass is 9.85. The maximum absolute atomic E-state index is 12.4. The Morgan fingerprint density at radius 2 is 2.06 bits per heavy atom. The smallest absolute Gasteiger partial charge is 0.233 e. The summed E-state index contributed by atoms with van der Waals surface area (Å²) in [4.78, 5) is 12.7. The van der Waals surface area contributed by atoms with Crippen LogP contribution in [0, 0.1) is 5.41 Å². The summed E-state index contributed by atoms with van der Waals surface area (Å²) in [6.45, 7) is 0.772. The molecule has 2 rings (SSSR count). The van der Waals surface area contributed by atoms with Crippen molar-refractivity contribution in [3.63, 3.8) is 0 Å². The molecule has 1 heterocycles. The third-order valence-corrected chi connectivity index (χ3v) is 5.92. The first kappa shape index (κ1) is 14.1. The van der Waals surface area contributed by atoms with Gasteiger partial charge in [0.05, 0.1) is 10.4 Å². The molecule has 3 nitrogen and oxygen atoms in total. The van der Waals surface area contributed by atoms with E-state index in [9.17, 15) is 4.79 Å². The highest BCUT2D eigenvalue weighted by Crippen LogP contribution is 2.38. The van der Waals surface area contributed by atoms with Crippen molar-refractivity contribution in [1.82, 2.24) is 5.32 Å². The molecule has 1 saturated carbocycles. The Kier molecular flexibility index (Phi) is 4.90. The van der Waals surface area contributed by atoms with E-state index in [1.807, 2.05) is 11.8 Å². The van der Waals surface area contributed by atoms with E-state index in [1.54, 1.807) is 0 Å². The number of thioether (sulfide) groups is 1. The van der Waals surface area contributed by atoms with Gasteiger partial charge < -0.3 is 11.1 Å². The van der Waals surface area contributed by atoms with Crippen LogP contribution < -0.4 is 11.1 Å². The summed E-state index contributed by atoms with van der Waals surface area (Å²) in [7, 11) is 0. The second-order valence-corrected chi connectivity index (χ2v) is 7.20. The van der Waals surface area contributed by atoms with Crippen LogP contribution in [0.25, 0.3) is 0 Å². The van der Waals surface area contributed by atoms with E-state index in [-0.39, 0.29) is 5.91 Å². The number of thiocarbonyl (C=S) groups is 1. The number of rotatable bonds is 4. The first-order valence-corrected chi connectivity index (χ1v) is 8.31. The molecule has 0 aromatic carbocycles. The molecule has 1 saturated heterocycles. The largest absolute Gasteiger partial charge is 0.392 e. The van der Waals surface area contributed by atoms with Crippen molar-refractivity contribution >= 4 is 34.9 Å². The zero-order valence-electron chi connectivity index (χ0n) is 10.7. The summed E-state index contributed by atoms with van der Waals surface area (Å²) in [6, 6.07) is 0. The molecule has 0 aromatic heterocycles. The van der Waals surface area contributed by atoms with Crippen LogP contribution in [-0.2, 0) is 4.79 Å². The van der Waals surface area contributed by atoms with E-state index in [1.165, 1.54) is 25.0 Å². The van der Waals surface area contributed by atoms with Crippen LogP contribution in [0.5, 0.6) is 0 Å². The van der Waals surface area contributed by atoms with Gasteiger partial charge in [0.1, 0.15) is 0 Å². The molecule has 1 atom stereocenters. The maximum atomic E-state index is 12.4. The molecule has 3 N–H and O–H groups in total. The lowest BCUT2D eigenvalue weighted by Crippen LogP contribution is -2.48. The molecule has 0 radical (unpaired) electrons. The number of nitrogens with two attached hydrogens (primary N) is 1. The molecular weight excluding hydrogens is 264 g/mol. The Bertz CT molecular complexity index is 321. The number of carbonyl (C=O) groups is 1. The van der Waals surface area contributed by atoms with Crippen molar-refractivity contribution < 1.29 is 4.79 Å². The summed E-state index contributed by atoms with van der Waals surface area (Å²) in [5.74, 6) is 1.29. The van der Waals surface area contributed by atoms with E-state index in [0.29, 0.717) is 10.2 Å². The molecule has 0 bridgehead atoms. The monoisotopic (exact) mass is 286 g/mol. The highest BCUT2D eigenvalue weighted by molar-refractivity contribution is 7.99. The van der Waals surface area contributed by atoms with Gasteiger partial charge in [0, 0.05) is 11.8 Å². The Hall–Kier alpha value is -0.290. The van der Waals surface area contributed by atoms with Gasteiger partial charge in [-0.3, -0.25) is 4.79 Å². The Labute approximate surface area is 119 Å². The maximum Gasteiger partial charge on any atom is 0.233 e. The van der Waals surface area contributed by atoms with Crippen LogP contribution in [0.3, 0.4) is 0 Å². The molecule has 0 spiro atoms. The minimum atomic E-state index is -0.547. The Morgan fingerprint density at radius 1 is 1.33 bits per heavy atom. The fourth-order valence-electron chi connectivity index (χ4n) is 2.91. The summed E-state index contributed by atoms with van der Waals surface area (Å²) >= 11 is 7.10. The normalized spacial score (nSPS) is 26.8. The first-order valence-electron chi connectivity index (χ1n) is 6.85. The highest BCUT2D eigenvalue weighted by Gasteiger charge is 2.43. The number of amides is 1. The molecule has 2 aliphatic rings. The van der Waals surface area contributed by atoms with Crippen molar-refractivity contribution in [3.05, 3.63) is 0 Å². The topological polar surface area (TPSA) is 55.1 Å². The average Bonchev–Trinajstić information content (AvgIpc) is 2.88. The summed E-state index contributed by atoms with van der Waals surface area (Å²) in [5, 5.41) is 3.67. The quantitative estimate of drug-likeness (QED) is 0.778. The lowest BCUT2D eigenvalue weighted by molar-refractivity contribution is -0.127. The molecule has 1 amide bonds. The lowest BCUT2D eigenvalue weighted by Gasteiger charge is -2.28. The number of hydrogen-bond acceptors (Lipinski definition) is 3. The van der Waals surface area contributed by atoms with E-state index in [2.05, 4.69) is 5.32 Å². The standard InChI is InChI=1S/C13H22N2OS2/c14-11(17)13(6-2-3-7-13)12(16)15-9-10-5-1-4-8-18-10/h10H,1-9H2,(H2,14,17)(H,15,16). The summed E-state index contributed by atoms with van der Waals surface area (Å²) in [5.41, 5.74) is 5.26. The molecule has 102 valence electrons. The molecule has 1 aliphatic heterocycles. The number of hydrogen-bond donors (Lipinski definition) is 2. The van der Waals surface area contributed by atoms with Gasteiger partial charge in [-0.25, -0.2) is 0 Å². The third-order valence-electron chi connectivity index (χ3n) is 4.13. The van der Waals surface area contributed by atoms with Crippen LogP contribution in [-0.4, -0.2) is 28.4 Å². The van der Waals surface area contributed by atoms with Gasteiger partial charge in [0.15, 0.2) is 0 Å². The predicted molar refractivity (Wildman–Crippen MR) is 80.8 cm³/mol. The zero-order chi connectivity index (χ0) is 13.0. The van der Waals surface area contributed by atoms with Gasteiger partial charge in [-0.05, 0) is 31.4 Å². The fraction of sp³-hybridized carbons (Fsp3) is 0.846. The van der Waals surface area contributed by atoms with Gasteiger partial charge in [0.25, 0.3) is 0 Å². The Balaban J connectivity index is 1.87. The average molecular weight is 286 g/mol. The van der Waals surface area contributed by atoms with Crippen molar-refractivity contribution in [2.24, 2.45) is 11.1 Å². The summed E-state index contributed by atoms with van der Waals surface area (Å²) < 4.78 is 0. The molecular formula is C13H22N2OS2. The minimum Gasteiger partial charge on any atom is -0.392 e. The van der Waals surface area contributed by atoms with Crippen LogP contribution >= 0.6 is 24.0 Å². The molecule has 2 fully saturated rings. The first-order chi connectivity index (χ1) is 8.65. The van der Waals surface area contributed by atoms with Crippen molar-refractivity contribution in [3.8, 4) is 0 Å². The van der Waals surface area contributed by atoms with Crippen LogP contribution in [0.15, 0.2) is 0 Å². The van der Waals surface area contributed by atoms with Crippen molar-refractivity contribution in [2.45, 2.75) is 50.2 Å². The summed E-state index contributed by atoms with van der Waals surface area (Å²) in [6.07, 6.45) is 7.58. The molecule has 5 heteroatoms.